The first-order valence-electron chi connectivity index (χ1n) is 4.87. The maximum Gasteiger partial charge on any atom is 0.124 e. The molecule has 2 rings (SSSR count). The molecule has 0 aromatic heterocycles. The highest BCUT2D eigenvalue weighted by Crippen LogP contribution is 2.27. The van der Waals surface area contributed by atoms with Crippen LogP contribution >= 0.6 is 11.8 Å². The number of hydrogen-bond acceptors (Lipinski definition) is 2. The van der Waals surface area contributed by atoms with Gasteiger partial charge >= 0.3 is 0 Å². The van der Waals surface area contributed by atoms with Crippen LogP contribution in [0.3, 0.4) is 0 Å². The van der Waals surface area contributed by atoms with Crippen molar-refractivity contribution in [3.05, 3.63) is 29.6 Å². The normalized spacial score (nSPS) is 21.4. The fourth-order valence-electron chi connectivity index (χ4n) is 1.87. The van der Waals surface area contributed by atoms with Crippen molar-refractivity contribution < 1.29 is 4.39 Å². The van der Waals surface area contributed by atoms with Crippen LogP contribution in [-0.2, 0) is 0 Å². The van der Waals surface area contributed by atoms with Gasteiger partial charge in [0, 0.05) is 10.9 Å². The van der Waals surface area contributed by atoms with E-state index in [1.54, 1.807) is 23.9 Å². The number of thioether (sulfide) groups is 1. The average Bonchev–Trinajstić information content (AvgIpc) is 2.69. The van der Waals surface area contributed by atoms with Gasteiger partial charge in [-0.1, -0.05) is 0 Å². The number of hydrogen-bond donors (Lipinski definition) is 1. The molecule has 1 nitrogen and oxygen atoms in total. The Morgan fingerprint density at radius 1 is 1.43 bits per heavy atom. The summed E-state index contributed by atoms with van der Waals surface area (Å²) in [6, 6.07) is 5.67. The van der Waals surface area contributed by atoms with Gasteiger partial charge in [0.2, 0.25) is 0 Å². The zero-order chi connectivity index (χ0) is 9.97. The fourth-order valence-corrected chi connectivity index (χ4v) is 2.36. The molecule has 76 valence electrons. The highest BCUT2D eigenvalue weighted by molar-refractivity contribution is 7.98. The Morgan fingerprint density at radius 2 is 2.29 bits per heavy atom. The molecule has 0 aliphatic carbocycles. The predicted octanol–water partition coefficient (Wildman–Crippen LogP) is 2.97. The third-order valence-corrected chi connectivity index (χ3v) is 3.30. The van der Waals surface area contributed by atoms with E-state index in [1.165, 1.54) is 6.42 Å². The molecule has 3 heteroatoms. The van der Waals surface area contributed by atoms with Crippen molar-refractivity contribution in [3.8, 4) is 0 Å². The van der Waals surface area contributed by atoms with Gasteiger partial charge in [0.05, 0.1) is 0 Å². The van der Waals surface area contributed by atoms with Crippen LogP contribution in [0.5, 0.6) is 0 Å². The average molecular weight is 211 g/mol. The highest BCUT2D eigenvalue weighted by Gasteiger charge is 2.16. The van der Waals surface area contributed by atoms with E-state index in [9.17, 15) is 4.39 Å². The van der Waals surface area contributed by atoms with E-state index >= 15 is 0 Å². The first kappa shape index (κ1) is 9.99. The minimum absolute atomic E-state index is 0.124. The highest BCUT2D eigenvalue weighted by atomic mass is 32.2. The summed E-state index contributed by atoms with van der Waals surface area (Å²) < 4.78 is 13.2. The Labute approximate surface area is 88.1 Å². The van der Waals surface area contributed by atoms with Crippen LogP contribution in [0.1, 0.15) is 24.4 Å². The lowest BCUT2D eigenvalue weighted by molar-refractivity contribution is 0.602. The Kier molecular flexibility index (Phi) is 3.08. The summed E-state index contributed by atoms with van der Waals surface area (Å²) in [6.45, 7) is 1.05. The summed E-state index contributed by atoms with van der Waals surface area (Å²) in [5.41, 5.74) is 1.09. The second-order valence-electron chi connectivity index (χ2n) is 3.57. The molecule has 0 radical (unpaired) electrons. The van der Waals surface area contributed by atoms with Crippen LogP contribution in [0.4, 0.5) is 4.39 Å². The molecule has 0 spiro atoms. The largest absolute Gasteiger partial charge is 0.310 e. The smallest absolute Gasteiger partial charge is 0.124 e. The molecule has 1 heterocycles. The van der Waals surface area contributed by atoms with Crippen LogP contribution in [-0.4, -0.2) is 12.8 Å². The second-order valence-corrected chi connectivity index (χ2v) is 4.45. The van der Waals surface area contributed by atoms with E-state index in [4.69, 9.17) is 0 Å². The molecule has 1 aliphatic heterocycles. The van der Waals surface area contributed by atoms with Crippen LogP contribution in [0.2, 0.25) is 0 Å². The molecular formula is C11H14FNS. The van der Waals surface area contributed by atoms with E-state index in [0.29, 0.717) is 6.04 Å². The van der Waals surface area contributed by atoms with Crippen molar-refractivity contribution in [2.24, 2.45) is 0 Å². The zero-order valence-electron chi connectivity index (χ0n) is 8.22. The topological polar surface area (TPSA) is 12.0 Å². The molecule has 1 saturated heterocycles. The summed E-state index contributed by atoms with van der Waals surface area (Å²) in [4.78, 5) is 1.01. The van der Waals surface area contributed by atoms with Gasteiger partial charge in [0.25, 0.3) is 0 Å². The van der Waals surface area contributed by atoms with Gasteiger partial charge in [0.1, 0.15) is 5.82 Å². The molecule has 1 N–H and O–H groups in total. The maximum atomic E-state index is 13.2. The minimum atomic E-state index is -0.124. The molecule has 1 atom stereocenters. The molecule has 1 unspecified atom stereocenters. The molecule has 1 aromatic rings. The Bertz CT molecular complexity index is 321. The standard InChI is InChI=1S/C11H14FNS/c1-14-10-6-8(5-9(12)7-10)11-3-2-4-13-11/h5-7,11,13H,2-4H2,1H3. The third-order valence-electron chi connectivity index (χ3n) is 2.59. The van der Waals surface area contributed by atoms with Crippen LogP contribution in [0.25, 0.3) is 0 Å². The van der Waals surface area contributed by atoms with Gasteiger partial charge in [-0.2, -0.15) is 0 Å². The van der Waals surface area contributed by atoms with E-state index < -0.39 is 0 Å². The van der Waals surface area contributed by atoms with Gasteiger partial charge in [-0.25, -0.2) is 4.39 Å². The molecule has 1 aromatic carbocycles. The van der Waals surface area contributed by atoms with E-state index in [1.807, 2.05) is 6.26 Å². The van der Waals surface area contributed by atoms with Crippen molar-refractivity contribution in [3.63, 3.8) is 0 Å². The zero-order valence-corrected chi connectivity index (χ0v) is 9.03. The quantitative estimate of drug-likeness (QED) is 0.755. The van der Waals surface area contributed by atoms with E-state index in [-0.39, 0.29) is 5.82 Å². The Hall–Kier alpha value is -0.540. The minimum Gasteiger partial charge on any atom is -0.310 e. The van der Waals surface area contributed by atoms with Gasteiger partial charge in [-0.05, 0) is 49.4 Å². The van der Waals surface area contributed by atoms with Gasteiger partial charge in [0.15, 0.2) is 0 Å². The SMILES string of the molecule is CSc1cc(F)cc(C2CCCN2)c1. The predicted molar refractivity (Wildman–Crippen MR) is 58.2 cm³/mol. The monoisotopic (exact) mass is 211 g/mol. The van der Waals surface area contributed by atoms with Crippen molar-refractivity contribution in [2.45, 2.75) is 23.8 Å². The summed E-state index contributed by atoms with van der Waals surface area (Å²) in [7, 11) is 0. The molecule has 1 aliphatic rings. The van der Waals surface area contributed by atoms with Crippen molar-refractivity contribution in [1.29, 1.82) is 0 Å². The van der Waals surface area contributed by atoms with Gasteiger partial charge < -0.3 is 5.32 Å². The maximum absolute atomic E-state index is 13.2. The summed E-state index contributed by atoms with van der Waals surface area (Å²) in [5.74, 6) is -0.124. The Morgan fingerprint density at radius 3 is 2.93 bits per heavy atom. The fraction of sp³-hybridized carbons (Fsp3) is 0.455. The van der Waals surface area contributed by atoms with Crippen LogP contribution in [0, 0.1) is 5.82 Å². The number of rotatable bonds is 2. The molecule has 0 saturated carbocycles. The van der Waals surface area contributed by atoms with Crippen LogP contribution in [0.15, 0.2) is 23.1 Å². The van der Waals surface area contributed by atoms with Crippen molar-refractivity contribution in [1.82, 2.24) is 5.32 Å². The van der Waals surface area contributed by atoms with Gasteiger partial charge in [-0.15, -0.1) is 11.8 Å². The lowest BCUT2D eigenvalue weighted by Crippen LogP contribution is -2.12. The number of halogens is 1. The summed E-state index contributed by atoms with van der Waals surface area (Å²) >= 11 is 1.59. The lowest BCUT2D eigenvalue weighted by atomic mass is 10.1. The van der Waals surface area contributed by atoms with Crippen LogP contribution < -0.4 is 5.32 Å². The van der Waals surface area contributed by atoms with E-state index in [0.717, 1.165) is 23.4 Å². The van der Waals surface area contributed by atoms with E-state index in [2.05, 4.69) is 11.4 Å². The lowest BCUT2D eigenvalue weighted by Gasteiger charge is -2.11. The molecule has 0 bridgehead atoms. The van der Waals surface area contributed by atoms with Crippen molar-refractivity contribution in [2.75, 3.05) is 12.8 Å². The molecule has 0 amide bonds. The van der Waals surface area contributed by atoms with Crippen molar-refractivity contribution >= 4 is 11.8 Å². The molecular weight excluding hydrogens is 197 g/mol. The number of nitrogens with one attached hydrogen (secondary N) is 1. The number of benzene rings is 1. The Balaban J connectivity index is 2.27. The first-order chi connectivity index (χ1) is 6.79. The third kappa shape index (κ3) is 2.10. The molecule has 14 heavy (non-hydrogen) atoms. The summed E-state index contributed by atoms with van der Waals surface area (Å²) in [5, 5.41) is 3.38. The second kappa shape index (κ2) is 4.32. The van der Waals surface area contributed by atoms with Gasteiger partial charge in [-0.3, -0.25) is 0 Å². The first-order valence-corrected chi connectivity index (χ1v) is 6.10. The summed E-state index contributed by atoms with van der Waals surface area (Å²) in [6.07, 6.45) is 4.29. The molecule has 1 fully saturated rings.